The summed E-state index contributed by atoms with van der Waals surface area (Å²) in [4.78, 5) is 22.6. The second-order valence-corrected chi connectivity index (χ2v) is 5.00. The lowest BCUT2D eigenvalue weighted by Gasteiger charge is -2.20. The average molecular weight is 294 g/mol. The molecule has 6 nitrogen and oxygen atoms in total. The van der Waals surface area contributed by atoms with Crippen LogP contribution < -0.4 is 15.4 Å². The molecule has 0 saturated carbocycles. The summed E-state index contributed by atoms with van der Waals surface area (Å²) in [6, 6.07) is 6.15. The third-order valence-electron chi connectivity index (χ3n) is 2.94. The van der Waals surface area contributed by atoms with Crippen molar-refractivity contribution in [3.8, 4) is 5.75 Å². The Kier molecular flexibility index (Phi) is 6.52. The van der Waals surface area contributed by atoms with Gasteiger partial charge in [0.15, 0.2) is 0 Å². The van der Waals surface area contributed by atoms with Gasteiger partial charge in [-0.05, 0) is 37.1 Å². The number of urea groups is 1. The molecule has 1 atom stereocenters. The van der Waals surface area contributed by atoms with Gasteiger partial charge in [-0.15, -0.1) is 0 Å². The first-order valence-corrected chi connectivity index (χ1v) is 6.94. The molecule has 0 saturated heterocycles. The van der Waals surface area contributed by atoms with Gasteiger partial charge in [0, 0.05) is 11.7 Å². The van der Waals surface area contributed by atoms with Crippen LogP contribution in [0.15, 0.2) is 24.3 Å². The van der Waals surface area contributed by atoms with Crippen LogP contribution in [0.25, 0.3) is 0 Å². The maximum absolute atomic E-state index is 11.9. The van der Waals surface area contributed by atoms with Crippen molar-refractivity contribution in [2.75, 3.05) is 11.9 Å². The summed E-state index contributed by atoms with van der Waals surface area (Å²) in [5.74, 6) is -0.170. The highest BCUT2D eigenvalue weighted by Crippen LogP contribution is 2.15. The van der Waals surface area contributed by atoms with Crippen molar-refractivity contribution in [3.05, 3.63) is 24.3 Å². The lowest BCUT2D eigenvalue weighted by molar-refractivity contribution is -0.137. The number of carbonyl (C=O) groups is 2. The minimum Gasteiger partial charge on any atom is -0.494 e. The van der Waals surface area contributed by atoms with Crippen LogP contribution in [0, 0.1) is 5.92 Å². The summed E-state index contributed by atoms with van der Waals surface area (Å²) >= 11 is 0. The van der Waals surface area contributed by atoms with Crippen molar-refractivity contribution in [3.63, 3.8) is 0 Å². The smallest absolute Gasteiger partial charge is 0.319 e. The number of benzene rings is 1. The molecule has 3 N–H and O–H groups in total. The van der Waals surface area contributed by atoms with Gasteiger partial charge < -0.3 is 20.5 Å². The third kappa shape index (κ3) is 6.16. The number of aliphatic carboxylic acids is 1. The number of carbonyl (C=O) groups excluding carboxylic acids is 1. The number of carboxylic acid groups (broad SMARTS) is 1. The molecule has 1 aromatic rings. The van der Waals surface area contributed by atoms with Gasteiger partial charge in [0.2, 0.25) is 0 Å². The Morgan fingerprint density at radius 1 is 1.24 bits per heavy atom. The monoisotopic (exact) mass is 294 g/mol. The molecule has 0 radical (unpaired) electrons. The SMILES string of the molecule is CCOc1ccc(NC(=O)NC(CC(=O)O)C(C)C)cc1. The van der Waals surface area contributed by atoms with E-state index in [4.69, 9.17) is 9.84 Å². The van der Waals surface area contributed by atoms with Crippen LogP contribution in [0.2, 0.25) is 0 Å². The molecule has 0 bridgehead atoms. The number of hydrogen-bond acceptors (Lipinski definition) is 3. The van der Waals surface area contributed by atoms with Gasteiger partial charge in [0.05, 0.1) is 13.0 Å². The van der Waals surface area contributed by atoms with E-state index in [1.54, 1.807) is 24.3 Å². The largest absolute Gasteiger partial charge is 0.494 e. The molecule has 0 aliphatic rings. The Morgan fingerprint density at radius 3 is 2.33 bits per heavy atom. The highest BCUT2D eigenvalue weighted by Gasteiger charge is 2.19. The summed E-state index contributed by atoms with van der Waals surface area (Å²) in [5.41, 5.74) is 0.619. The molecular weight excluding hydrogens is 272 g/mol. The van der Waals surface area contributed by atoms with Crippen molar-refractivity contribution in [1.29, 1.82) is 0 Å². The number of amides is 2. The fraction of sp³-hybridized carbons (Fsp3) is 0.467. The zero-order valence-electron chi connectivity index (χ0n) is 12.6. The van der Waals surface area contributed by atoms with Crippen LogP contribution in [-0.4, -0.2) is 29.8 Å². The van der Waals surface area contributed by atoms with Crippen LogP contribution in [0.5, 0.6) is 5.75 Å². The van der Waals surface area contributed by atoms with E-state index in [-0.39, 0.29) is 12.3 Å². The lowest BCUT2D eigenvalue weighted by atomic mass is 10.0. The van der Waals surface area contributed by atoms with Gasteiger partial charge in [-0.2, -0.15) is 0 Å². The zero-order chi connectivity index (χ0) is 15.8. The molecule has 0 heterocycles. The number of carboxylic acids is 1. The topological polar surface area (TPSA) is 87.7 Å². The van der Waals surface area contributed by atoms with Gasteiger partial charge in [-0.3, -0.25) is 4.79 Å². The van der Waals surface area contributed by atoms with E-state index in [2.05, 4.69) is 10.6 Å². The first-order valence-electron chi connectivity index (χ1n) is 6.94. The van der Waals surface area contributed by atoms with Gasteiger partial charge >= 0.3 is 12.0 Å². The first kappa shape index (κ1) is 16.8. The van der Waals surface area contributed by atoms with Crippen LogP contribution in [0.1, 0.15) is 27.2 Å². The average Bonchev–Trinajstić information content (AvgIpc) is 2.40. The maximum atomic E-state index is 11.9. The highest BCUT2D eigenvalue weighted by molar-refractivity contribution is 5.89. The molecule has 6 heteroatoms. The van der Waals surface area contributed by atoms with Gasteiger partial charge in [-0.1, -0.05) is 13.8 Å². The van der Waals surface area contributed by atoms with Crippen molar-refractivity contribution in [1.82, 2.24) is 5.32 Å². The fourth-order valence-corrected chi connectivity index (χ4v) is 1.78. The normalized spacial score (nSPS) is 11.8. The van der Waals surface area contributed by atoms with E-state index in [0.29, 0.717) is 12.3 Å². The molecular formula is C15H22N2O4. The molecule has 21 heavy (non-hydrogen) atoms. The Balaban J connectivity index is 2.57. The molecule has 0 aliphatic carbocycles. The van der Waals surface area contributed by atoms with Crippen molar-refractivity contribution >= 4 is 17.7 Å². The summed E-state index contributed by atoms with van der Waals surface area (Å²) < 4.78 is 5.31. The van der Waals surface area contributed by atoms with Crippen molar-refractivity contribution < 1.29 is 19.4 Å². The van der Waals surface area contributed by atoms with E-state index >= 15 is 0 Å². The molecule has 1 rings (SSSR count). The number of rotatable bonds is 7. The quantitative estimate of drug-likeness (QED) is 0.721. The predicted molar refractivity (Wildman–Crippen MR) is 80.6 cm³/mol. The first-order chi connectivity index (χ1) is 9.92. The summed E-state index contributed by atoms with van der Waals surface area (Å²) in [5, 5.41) is 14.2. The molecule has 0 aliphatic heterocycles. The number of nitrogens with one attached hydrogen (secondary N) is 2. The van der Waals surface area contributed by atoms with Gasteiger partial charge in [0.25, 0.3) is 0 Å². The number of ether oxygens (including phenoxy) is 1. The minimum atomic E-state index is -0.935. The Bertz CT molecular complexity index is 471. The van der Waals surface area contributed by atoms with Gasteiger partial charge in [0.1, 0.15) is 5.75 Å². The summed E-state index contributed by atoms with van der Waals surface area (Å²) in [6.07, 6.45) is -0.103. The highest BCUT2D eigenvalue weighted by atomic mass is 16.5. The molecule has 0 aromatic heterocycles. The molecule has 1 aromatic carbocycles. The number of anilines is 1. The Morgan fingerprint density at radius 2 is 1.86 bits per heavy atom. The van der Waals surface area contributed by atoms with Crippen molar-refractivity contribution in [2.24, 2.45) is 5.92 Å². The van der Waals surface area contributed by atoms with Crippen LogP contribution in [0.4, 0.5) is 10.5 Å². The standard InChI is InChI=1S/C15H22N2O4/c1-4-21-12-7-5-11(6-8-12)16-15(20)17-13(10(2)3)9-14(18)19/h5-8,10,13H,4,9H2,1-3H3,(H,18,19)(H2,16,17,20). The molecule has 116 valence electrons. The third-order valence-corrected chi connectivity index (χ3v) is 2.94. The van der Waals surface area contributed by atoms with E-state index in [1.807, 2.05) is 20.8 Å². The molecule has 1 unspecified atom stereocenters. The van der Waals surface area contributed by atoms with Crippen molar-refractivity contribution in [2.45, 2.75) is 33.2 Å². The van der Waals surface area contributed by atoms with Crippen LogP contribution in [0.3, 0.4) is 0 Å². The van der Waals surface area contributed by atoms with Crippen LogP contribution >= 0.6 is 0 Å². The fourth-order valence-electron chi connectivity index (χ4n) is 1.78. The molecule has 0 spiro atoms. The second kappa shape index (κ2) is 8.14. The number of hydrogen-bond donors (Lipinski definition) is 3. The Hall–Kier alpha value is -2.24. The maximum Gasteiger partial charge on any atom is 0.319 e. The van der Waals surface area contributed by atoms with E-state index in [9.17, 15) is 9.59 Å². The van der Waals surface area contributed by atoms with E-state index in [1.165, 1.54) is 0 Å². The van der Waals surface area contributed by atoms with Crippen LogP contribution in [-0.2, 0) is 4.79 Å². The predicted octanol–water partition coefficient (Wildman–Crippen LogP) is 2.71. The van der Waals surface area contributed by atoms with E-state index in [0.717, 1.165) is 5.75 Å². The second-order valence-electron chi connectivity index (χ2n) is 5.00. The minimum absolute atomic E-state index is 0.0344. The zero-order valence-corrected chi connectivity index (χ0v) is 12.6. The molecule has 0 fully saturated rings. The van der Waals surface area contributed by atoms with Gasteiger partial charge in [-0.25, -0.2) is 4.79 Å². The Labute approximate surface area is 124 Å². The lowest BCUT2D eigenvalue weighted by Crippen LogP contribution is -2.42. The van der Waals surface area contributed by atoms with E-state index < -0.39 is 18.0 Å². The summed E-state index contributed by atoms with van der Waals surface area (Å²) in [7, 11) is 0. The summed E-state index contributed by atoms with van der Waals surface area (Å²) in [6.45, 7) is 6.21. The molecule has 2 amide bonds.